The van der Waals surface area contributed by atoms with E-state index in [1.165, 1.54) is 18.2 Å². The van der Waals surface area contributed by atoms with Crippen LogP contribution >= 0.6 is 0 Å². The molecule has 0 heterocycles. The Morgan fingerprint density at radius 2 is 1.89 bits per heavy atom. The first kappa shape index (κ1) is 19.4. The van der Waals surface area contributed by atoms with E-state index in [4.69, 9.17) is 15.9 Å². The summed E-state index contributed by atoms with van der Waals surface area (Å²) in [7, 11) is 3.28. The summed E-state index contributed by atoms with van der Waals surface area (Å²) in [5, 5.41) is 8.52. The van der Waals surface area contributed by atoms with Crippen LogP contribution in [0.25, 0.3) is 0 Å². The second-order valence-electron chi connectivity index (χ2n) is 6.73. The Hall–Kier alpha value is -3.33. The van der Waals surface area contributed by atoms with E-state index >= 15 is 0 Å². The Morgan fingerprint density at radius 1 is 1.25 bits per heavy atom. The molecule has 2 aromatic rings. The molecule has 1 fully saturated rings. The Balaban J connectivity index is 1.95. The Kier molecular flexibility index (Phi) is 5.65. The van der Waals surface area contributed by atoms with Crippen LogP contribution in [0.4, 0.5) is 4.39 Å². The Morgan fingerprint density at radius 3 is 2.46 bits per heavy atom. The number of rotatable bonds is 5. The molecule has 0 spiro atoms. The number of carbonyl (C=O) groups excluding carboxylic acids is 1. The highest BCUT2D eigenvalue weighted by molar-refractivity contribution is 6.01. The molecule has 0 saturated heterocycles. The van der Waals surface area contributed by atoms with E-state index in [9.17, 15) is 9.18 Å². The second kappa shape index (κ2) is 8.13. The molecule has 1 aliphatic rings. The lowest BCUT2D eigenvalue weighted by Gasteiger charge is -2.27. The van der Waals surface area contributed by atoms with Gasteiger partial charge in [-0.15, -0.1) is 0 Å². The summed E-state index contributed by atoms with van der Waals surface area (Å²) in [6, 6.07) is 11.3. The zero-order valence-electron chi connectivity index (χ0n) is 15.8. The average molecular weight is 379 g/mol. The minimum absolute atomic E-state index is 0.00512. The number of methoxy groups -OCH3 is 1. The van der Waals surface area contributed by atoms with E-state index in [-0.39, 0.29) is 17.0 Å². The van der Waals surface area contributed by atoms with Crippen LogP contribution in [-0.2, 0) is 0 Å². The number of amidine groups is 1. The summed E-state index contributed by atoms with van der Waals surface area (Å²) in [5.41, 5.74) is 5.87. The third-order valence-corrected chi connectivity index (χ3v) is 4.69. The summed E-state index contributed by atoms with van der Waals surface area (Å²) in [6.07, 6.45) is 2.16. The van der Waals surface area contributed by atoms with E-state index in [0.29, 0.717) is 5.92 Å². The SMILES string of the molecule is COc1ccc(C(C#CC2CC2)N(C)C(=N)c2cccc(C(N)=O)c2F)cc1. The summed E-state index contributed by atoms with van der Waals surface area (Å²) >= 11 is 0. The topological polar surface area (TPSA) is 79.4 Å². The molecule has 0 bridgehead atoms. The lowest BCUT2D eigenvalue weighted by atomic mass is 10.0. The van der Waals surface area contributed by atoms with E-state index < -0.39 is 17.8 Å². The third-order valence-electron chi connectivity index (χ3n) is 4.69. The average Bonchev–Trinajstić information content (AvgIpc) is 3.52. The fourth-order valence-electron chi connectivity index (χ4n) is 2.84. The van der Waals surface area contributed by atoms with E-state index in [1.54, 1.807) is 19.1 Å². The molecule has 0 radical (unpaired) electrons. The van der Waals surface area contributed by atoms with Gasteiger partial charge in [-0.3, -0.25) is 10.2 Å². The number of carbonyl (C=O) groups is 1. The number of hydrogen-bond acceptors (Lipinski definition) is 3. The van der Waals surface area contributed by atoms with Gasteiger partial charge in [0.15, 0.2) is 0 Å². The van der Waals surface area contributed by atoms with Crippen LogP contribution in [0.2, 0.25) is 0 Å². The number of nitrogens with zero attached hydrogens (tertiary/aromatic N) is 1. The van der Waals surface area contributed by atoms with Crippen LogP contribution < -0.4 is 10.5 Å². The molecule has 5 nitrogen and oxygen atoms in total. The highest BCUT2D eigenvalue weighted by Gasteiger charge is 2.24. The predicted octanol–water partition coefficient (Wildman–Crippen LogP) is 3.35. The normalized spacial score (nSPS) is 13.8. The van der Waals surface area contributed by atoms with Crippen molar-refractivity contribution >= 4 is 11.7 Å². The molecule has 1 saturated carbocycles. The number of halogens is 1. The van der Waals surface area contributed by atoms with Crippen molar-refractivity contribution in [1.29, 1.82) is 5.41 Å². The molecule has 1 atom stereocenters. The van der Waals surface area contributed by atoms with Gasteiger partial charge in [-0.2, -0.15) is 0 Å². The summed E-state index contributed by atoms with van der Waals surface area (Å²) in [6.45, 7) is 0. The minimum Gasteiger partial charge on any atom is -0.497 e. The fourth-order valence-corrected chi connectivity index (χ4v) is 2.84. The summed E-state index contributed by atoms with van der Waals surface area (Å²) < 4.78 is 19.9. The van der Waals surface area contributed by atoms with Gasteiger partial charge < -0.3 is 15.4 Å². The van der Waals surface area contributed by atoms with Gasteiger partial charge in [0.05, 0.1) is 18.2 Å². The number of nitrogens with two attached hydrogens (primary N) is 1. The maximum Gasteiger partial charge on any atom is 0.251 e. The van der Waals surface area contributed by atoms with Crippen LogP contribution in [0.1, 0.15) is 40.4 Å². The highest BCUT2D eigenvalue weighted by Crippen LogP contribution is 2.29. The maximum atomic E-state index is 14.7. The van der Waals surface area contributed by atoms with Crippen LogP contribution in [0.5, 0.6) is 5.75 Å². The van der Waals surface area contributed by atoms with Crippen molar-refractivity contribution in [2.24, 2.45) is 11.7 Å². The lowest BCUT2D eigenvalue weighted by molar-refractivity contribution is 0.0996. The molecule has 3 rings (SSSR count). The number of amides is 1. The zero-order chi connectivity index (χ0) is 20.3. The van der Waals surface area contributed by atoms with Gasteiger partial charge >= 0.3 is 0 Å². The molecular weight excluding hydrogens is 357 g/mol. The summed E-state index contributed by atoms with van der Waals surface area (Å²) in [5.74, 6) is 5.82. The minimum atomic E-state index is -0.866. The first-order chi connectivity index (χ1) is 13.4. The van der Waals surface area contributed by atoms with Gasteiger partial charge in [-0.25, -0.2) is 4.39 Å². The fraction of sp³-hybridized carbons (Fsp3) is 0.273. The van der Waals surface area contributed by atoms with Crippen molar-refractivity contribution in [3.8, 4) is 17.6 Å². The van der Waals surface area contributed by atoms with Gasteiger partial charge in [0.1, 0.15) is 23.4 Å². The molecule has 1 aliphatic carbocycles. The molecule has 1 unspecified atom stereocenters. The van der Waals surface area contributed by atoms with Gasteiger partial charge in [0.25, 0.3) is 5.91 Å². The predicted molar refractivity (Wildman–Crippen MR) is 106 cm³/mol. The number of nitrogens with one attached hydrogen (secondary N) is 1. The van der Waals surface area contributed by atoms with Gasteiger partial charge in [-0.05, 0) is 42.7 Å². The number of hydrogen-bond donors (Lipinski definition) is 2. The van der Waals surface area contributed by atoms with E-state index in [0.717, 1.165) is 24.2 Å². The number of ether oxygens (including phenoxy) is 1. The third kappa shape index (κ3) is 4.15. The van der Waals surface area contributed by atoms with Crippen molar-refractivity contribution in [1.82, 2.24) is 4.90 Å². The van der Waals surface area contributed by atoms with Crippen molar-refractivity contribution in [3.05, 3.63) is 65.0 Å². The molecule has 0 aromatic heterocycles. The Labute approximate surface area is 163 Å². The van der Waals surface area contributed by atoms with E-state index in [2.05, 4.69) is 11.8 Å². The first-order valence-electron chi connectivity index (χ1n) is 8.97. The molecule has 144 valence electrons. The highest BCUT2D eigenvalue weighted by atomic mass is 19.1. The van der Waals surface area contributed by atoms with E-state index in [1.807, 2.05) is 24.3 Å². The Bertz CT molecular complexity index is 956. The molecule has 1 amide bonds. The van der Waals surface area contributed by atoms with Crippen LogP contribution in [0, 0.1) is 29.0 Å². The molecule has 3 N–H and O–H groups in total. The monoisotopic (exact) mass is 379 g/mol. The summed E-state index contributed by atoms with van der Waals surface area (Å²) in [4.78, 5) is 13.0. The first-order valence-corrected chi connectivity index (χ1v) is 8.97. The standard InChI is InChI=1S/C22H22FN3O2/c1-26(21(24)17-4-3-5-18(20(17)23)22(25)27)19(13-8-14-6-7-14)15-9-11-16(28-2)12-10-15/h3-5,9-12,14,19,24H,6-7H2,1-2H3,(H2,25,27). The van der Waals surface area contributed by atoms with Gasteiger partial charge in [-0.1, -0.05) is 30.0 Å². The van der Waals surface area contributed by atoms with Crippen LogP contribution in [-0.4, -0.2) is 30.8 Å². The number of benzene rings is 2. The molecule has 6 heteroatoms. The van der Waals surface area contributed by atoms with Crippen molar-refractivity contribution in [2.75, 3.05) is 14.2 Å². The van der Waals surface area contributed by atoms with Crippen LogP contribution in [0.15, 0.2) is 42.5 Å². The van der Waals surface area contributed by atoms with Gasteiger partial charge in [0.2, 0.25) is 0 Å². The zero-order valence-corrected chi connectivity index (χ0v) is 15.8. The van der Waals surface area contributed by atoms with Gasteiger partial charge in [0, 0.05) is 13.0 Å². The maximum absolute atomic E-state index is 14.7. The molecule has 28 heavy (non-hydrogen) atoms. The largest absolute Gasteiger partial charge is 0.497 e. The van der Waals surface area contributed by atoms with Crippen molar-refractivity contribution in [3.63, 3.8) is 0 Å². The smallest absolute Gasteiger partial charge is 0.251 e. The number of primary amides is 1. The molecule has 0 aliphatic heterocycles. The second-order valence-corrected chi connectivity index (χ2v) is 6.73. The molecule has 2 aromatic carbocycles. The quantitative estimate of drug-likeness (QED) is 0.475. The molecular formula is C22H22FN3O2. The van der Waals surface area contributed by atoms with Crippen molar-refractivity contribution in [2.45, 2.75) is 18.9 Å². The van der Waals surface area contributed by atoms with Crippen LogP contribution in [0.3, 0.4) is 0 Å². The van der Waals surface area contributed by atoms with Crippen molar-refractivity contribution < 1.29 is 13.9 Å². The lowest BCUT2D eigenvalue weighted by Crippen LogP contribution is -2.32.